The molecule has 0 saturated heterocycles. The second-order valence-corrected chi connectivity index (χ2v) is 2.86. The Kier molecular flexibility index (Phi) is 4.74. The van der Waals surface area contributed by atoms with Crippen LogP contribution in [0.5, 0.6) is 0 Å². The molecule has 1 nitrogen and oxygen atoms in total. The zero-order valence-corrected chi connectivity index (χ0v) is 8.57. The van der Waals surface area contributed by atoms with Gasteiger partial charge in [-0.3, -0.25) is 0 Å². The molecule has 0 aliphatic heterocycles. The number of nitrogens with two attached hydrogens (primary N) is 1. The highest BCUT2D eigenvalue weighted by Crippen LogP contribution is 2.20. The normalized spacial score (nSPS) is 11.7. The Balaban J connectivity index is 0.00000169. The van der Waals surface area contributed by atoms with Gasteiger partial charge in [0.2, 0.25) is 0 Å². The predicted octanol–water partition coefficient (Wildman–Crippen LogP) is 2.88. The Morgan fingerprint density at radius 2 is 1.93 bits per heavy atom. The lowest BCUT2D eigenvalue weighted by atomic mass is 10.0. The van der Waals surface area contributed by atoms with Gasteiger partial charge in [0.25, 0.3) is 0 Å². The first-order valence-corrected chi connectivity index (χ1v) is 3.90. The fraction of sp³-hybridized carbons (Fsp3) is 0.200. The summed E-state index contributed by atoms with van der Waals surface area (Å²) in [7, 11) is 0. The lowest BCUT2D eigenvalue weighted by molar-refractivity contribution is 0.490. The van der Waals surface area contributed by atoms with Crippen LogP contribution in [0, 0.1) is 18.6 Å². The monoisotopic (exact) mass is 219 g/mol. The first kappa shape index (κ1) is 13.1. The lowest BCUT2D eigenvalue weighted by Gasteiger charge is -2.09. The van der Waals surface area contributed by atoms with E-state index in [1.807, 2.05) is 0 Å². The summed E-state index contributed by atoms with van der Waals surface area (Å²) in [5, 5.41) is 0. The SMILES string of the molecule is C=C[C@H](N)c1ccc(C)c(F)c1F.Cl. The molecule has 0 saturated carbocycles. The fourth-order valence-corrected chi connectivity index (χ4v) is 1.05. The number of hydrogen-bond acceptors (Lipinski definition) is 1. The summed E-state index contributed by atoms with van der Waals surface area (Å²) in [6, 6.07) is 2.31. The molecule has 1 rings (SSSR count). The predicted molar refractivity (Wildman–Crippen MR) is 55.5 cm³/mol. The van der Waals surface area contributed by atoms with E-state index >= 15 is 0 Å². The van der Waals surface area contributed by atoms with Crippen LogP contribution < -0.4 is 5.73 Å². The molecule has 0 aromatic heterocycles. The van der Waals surface area contributed by atoms with Crippen LogP contribution in [0.1, 0.15) is 17.2 Å². The van der Waals surface area contributed by atoms with E-state index in [2.05, 4.69) is 6.58 Å². The van der Waals surface area contributed by atoms with Gasteiger partial charge < -0.3 is 5.73 Å². The Morgan fingerprint density at radius 1 is 1.36 bits per heavy atom. The van der Waals surface area contributed by atoms with Crippen molar-refractivity contribution in [1.29, 1.82) is 0 Å². The second kappa shape index (κ2) is 5.08. The van der Waals surface area contributed by atoms with Crippen molar-refractivity contribution in [1.82, 2.24) is 0 Å². The summed E-state index contributed by atoms with van der Waals surface area (Å²) >= 11 is 0. The molecule has 4 heteroatoms. The first-order valence-electron chi connectivity index (χ1n) is 3.90. The largest absolute Gasteiger partial charge is 0.321 e. The Labute approximate surface area is 88.0 Å². The average molecular weight is 220 g/mol. The van der Waals surface area contributed by atoms with Crippen LogP contribution in [0.4, 0.5) is 8.78 Å². The first-order chi connectivity index (χ1) is 6.07. The number of aryl methyl sites for hydroxylation is 1. The Hall–Kier alpha value is -0.930. The third-order valence-electron chi connectivity index (χ3n) is 1.92. The Morgan fingerprint density at radius 3 is 2.43 bits per heavy atom. The van der Waals surface area contributed by atoms with Crippen LogP contribution in [0.15, 0.2) is 24.8 Å². The minimum atomic E-state index is -0.882. The van der Waals surface area contributed by atoms with Gasteiger partial charge in [-0.05, 0) is 12.5 Å². The van der Waals surface area contributed by atoms with Crippen LogP contribution in [-0.4, -0.2) is 0 Å². The summed E-state index contributed by atoms with van der Waals surface area (Å²) in [4.78, 5) is 0. The third-order valence-corrected chi connectivity index (χ3v) is 1.92. The van der Waals surface area contributed by atoms with E-state index in [4.69, 9.17) is 5.73 Å². The van der Waals surface area contributed by atoms with Crippen molar-refractivity contribution in [2.45, 2.75) is 13.0 Å². The van der Waals surface area contributed by atoms with Crippen molar-refractivity contribution in [3.05, 3.63) is 47.5 Å². The van der Waals surface area contributed by atoms with Crippen molar-refractivity contribution < 1.29 is 8.78 Å². The van der Waals surface area contributed by atoms with Crippen molar-refractivity contribution in [3.8, 4) is 0 Å². The van der Waals surface area contributed by atoms with E-state index in [1.54, 1.807) is 0 Å². The van der Waals surface area contributed by atoms with Gasteiger partial charge in [-0.1, -0.05) is 18.2 Å². The highest BCUT2D eigenvalue weighted by molar-refractivity contribution is 5.85. The summed E-state index contributed by atoms with van der Waals surface area (Å²) in [6.07, 6.45) is 1.37. The van der Waals surface area contributed by atoms with Crippen molar-refractivity contribution in [2.24, 2.45) is 5.73 Å². The molecule has 0 radical (unpaired) electrons. The van der Waals surface area contributed by atoms with Crippen molar-refractivity contribution >= 4 is 12.4 Å². The average Bonchev–Trinajstić information content (AvgIpc) is 2.13. The van der Waals surface area contributed by atoms with Crippen LogP contribution in [0.2, 0.25) is 0 Å². The summed E-state index contributed by atoms with van der Waals surface area (Å²) in [5.41, 5.74) is 5.90. The molecule has 1 atom stereocenters. The maximum Gasteiger partial charge on any atom is 0.164 e. The molecule has 0 fully saturated rings. The van der Waals surface area contributed by atoms with E-state index < -0.39 is 17.7 Å². The minimum Gasteiger partial charge on any atom is -0.321 e. The maximum absolute atomic E-state index is 13.2. The molecule has 0 heterocycles. The number of rotatable bonds is 2. The summed E-state index contributed by atoms with van der Waals surface area (Å²) < 4.78 is 26.2. The quantitative estimate of drug-likeness (QED) is 0.761. The van der Waals surface area contributed by atoms with Gasteiger partial charge in [-0.15, -0.1) is 19.0 Å². The van der Waals surface area contributed by atoms with Gasteiger partial charge in [-0.25, -0.2) is 8.78 Å². The molecule has 2 N–H and O–H groups in total. The van der Waals surface area contributed by atoms with E-state index in [0.717, 1.165) is 0 Å². The van der Waals surface area contributed by atoms with E-state index in [1.165, 1.54) is 25.1 Å². The number of hydrogen-bond donors (Lipinski definition) is 1. The topological polar surface area (TPSA) is 26.0 Å². The van der Waals surface area contributed by atoms with Crippen LogP contribution >= 0.6 is 12.4 Å². The van der Waals surface area contributed by atoms with Gasteiger partial charge in [0.15, 0.2) is 11.6 Å². The standard InChI is InChI=1S/C10H11F2N.ClH/c1-3-8(13)7-5-4-6(2)9(11)10(7)12;/h3-5,8H,1,13H2,2H3;1H/t8-;/m0./s1. The fourth-order valence-electron chi connectivity index (χ4n) is 1.05. The summed E-state index contributed by atoms with van der Waals surface area (Å²) in [5.74, 6) is -1.72. The zero-order valence-electron chi connectivity index (χ0n) is 7.76. The molecule has 0 unspecified atom stereocenters. The van der Waals surface area contributed by atoms with Crippen LogP contribution in [0.3, 0.4) is 0 Å². The van der Waals surface area contributed by atoms with Gasteiger partial charge in [-0.2, -0.15) is 0 Å². The second-order valence-electron chi connectivity index (χ2n) is 2.86. The molecular weight excluding hydrogens is 208 g/mol. The van der Waals surface area contributed by atoms with Gasteiger partial charge in [0.05, 0.1) is 6.04 Å². The van der Waals surface area contributed by atoms with E-state index in [9.17, 15) is 8.78 Å². The molecule has 14 heavy (non-hydrogen) atoms. The van der Waals surface area contributed by atoms with Crippen LogP contribution in [0.25, 0.3) is 0 Å². The maximum atomic E-state index is 13.2. The van der Waals surface area contributed by atoms with Gasteiger partial charge in [0.1, 0.15) is 0 Å². The zero-order chi connectivity index (χ0) is 10.0. The molecule has 0 aliphatic rings. The molecule has 0 spiro atoms. The highest BCUT2D eigenvalue weighted by atomic mass is 35.5. The molecular formula is C10H12ClF2N. The number of halogens is 3. The smallest absolute Gasteiger partial charge is 0.164 e. The van der Waals surface area contributed by atoms with Crippen LogP contribution in [-0.2, 0) is 0 Å². The molecule has 1 aromatic carbocycles. The minimum absolute atomic E-state index is 0. The molecule has 78 valence electrons. The molecule has 0 amide bonds. The highest BCUT2D eigenvalue weighted by Gasteiger charge is 2.13. The molecule has 1 aromatic rings. The lowest BCUT2D eigenvalue weighted by Crippen LogP contribution is -2.10. The summed E-state index contributed by atoms with van der Waals surface area (Å²) in [6.45, 7) is 4.92. The van der Waals surface area contributed by atoms with Crippen molar-refractivity contribution in [2.75, 3.05) is 0 Å². The third kappa shape index (κ3) is 2.30. The molecule has 0 aliphatic carbocycles. The van der Waals surface area contributed by atoms with E-state index in [0.29, 0.717) is 0 Å². The van der Waals surface area contributed by atoms with Gasteiger partial charge >= 0.3 is 0 Å². The van der Waals surface area contributed by atoms with E-state index in [-0.39, 0.29) is 23.5 Å². The van der Waals surface area contributed by atoms with Crippen molar-refractivity contribution in [3.63, 3.8) is 0 Å². The number of benzene rings is 1. The van der Waals surface area contributed by atoms with Gasteiger partial charge in [0, 0.05) is 5.56 Å². The Bertz CT molecular complexity index is 339. The molecule has 0 bridgehead atoms.